The lowest BCUT2D eigenvalue weighted by Crippen LogP contribution is -2.49. The van der Waals surface area contributed by atoms with Gasteiger partial charge in [0, 0.05) is 0 Å². The van der Waals surface area contributed by atoms with Gasteiger partial charge in [0.15, 0.2) is 0 Å². The van der Waals surface area contributed by atoms with E-state index in [4.69, 9.17) is 28.4 Å². The normalized spacial score (nSPS) is 13.0. The average Bonchev–Trinajstić information content (AvgIpc) is 2.88. The van der Waals surface area contributed by atoms with E-state index >= 15 is 0 Å². The van der Waals surface area contributed by atoms with Gasteiger partial charge in [-0.25, -0.2) is 9.59 Å². The van der Waals surface area contributed by atoms with Crippen LogP contribution in [0.25, 0.3) is 0 Å². The Morgan fingerprint density at radius 3 is 1.81 bits per heavy atom. The maximum Gasteiger partial charge on any atom is 0.509 e. The third-order valence-corrected chi connectivity index (χ3v) is 5.43. The summed E-state index contributed by atoms with van der Waals surface area (Å²) in [5, 5.41) is 0. The van der Waals surface area contributed by atoms with Crippen LogP contribution in [0.5, 0.6) is 0 Å². The van der Waals surface area contributed by atoms with E-state index in [0.717, 1.165) is 26.4 Å². The molecule has 0 saturated heterocycles. The van der Waals surface area contributed by atoms with Crippen LogP contribution < -0.4 is 0 Å². The zero-order valence-corrected chi connectivity index (χ0v) is 23.0. The van der Waals surface area contributed by atoms with Crippen LogP contribution in [0.2, 0.25) is 0 Å². The summed E-state index contributed by atoms with van der Waals surface area (Å²) in [6, 6.07) is 0. The summed E-state index contributed by atoms with van der Waals surface area (Å²) in [5.41, 5.74) is -2.29. The fourth-order valence-corrected chi connectivity index (χ4v) is 3.29. The molecule has 0 rings (SSSR count). The van der Waals surface area contributed by atoms with Crippen molar-refractivity contribution < 1.29 is 52.4 Å². The van der Waals surface area contributed by atoms with Gasteiger partial charge >= 0.3 is 30.0 Å². The Morgan fingerprint density at radius 2 is 1.24 bits per heavy atom. The predicted molar refractivity (Wildman–Crippen MR) is 132 cm³/mol. The van der Waals surface area contributed by atoms with E-state index in [1.807, 2.05) is 13.8 Å². The Labute approximate surface area is 219 Å². The number of hydrogen-bond acceptors (Lipinski definition) is 11. The van der Waals surface area contributed by atoms with E-state index in [-0.39, 0.29) is 52.1 Å². The number of esters is 4. The summed E-state index contributed by atoms with van der Waals surface area (Å²) in [7, 11) is 1.16. The van der Waals surface area contributed by atoms with Gasteiger partial charge in [0.2, 0.25) is 6.10 Å². The number of ether oxygens (including phenoxy) is 6. The molecule has 0 radical (unpaired) electrons. The van der Waals surface area contributed by atoms with Gasteiger partial charge in [-0.05, 0) is 45.4 Å². The van der Waals surface area contributed by atoms with E-state index in [2.05, 4.69) is 0 Å². The highest BCUT2D eigenvalue weighted by Crippen LogP contribution is 2.32. The van der Waals surface area contributed by atoms with Crippen LogP contribution in [0.15, 0.2) is 0 Å². The topological polar surface area (TPSA) is 141 Å². The minimum absolute atomic E-state index is 0.0147. The van der Waals surface area contributed by atoms with E-state index in [0.29, 0.717) is 19.3 Å². The molecule has 0 spiro atoms. The van der Waals surface area contributed by atoms with E-state index in [9.17, 15) is 24.0 Å². The highest BCUT2D eigenvalue weighted by molar-refractivity contribution is 6.17. The second-order valence-corrected chi connectivity index (χ2v) is 8.43. The molecule has 214 valence electrons. The van der Waals surface area contributed by atoms with Crippen molar-refractivity contribution in [3.05, 3.63) is 0 Å². The molecule has 0 bridgehead atoms. The van der Waals surface area contributed by atoms with Crippen molar-refractivity contribution in [3.63, 3.8) is 0 Å². The number of hydrogen-bond donors (Lipinski definition) is 0. The van der Waals surface area contributed by atoms with Gasteiger partial charge in [-0.15, -0.1) is 0 Å². The lowest BCUT2D eigenvalue weighted by molar-refractivity contribution is -0.185. The first kappa shape index (κ1) is 34.1. The van der Waals surface area contributed by atoms with Gasteiger partial charge in [0.05, 0.1) is 33.5 Å². The molecule has 11 nitrogen and oxygen atoms in total. The highest BCUT2D eigenvalue weighted by Gasteiger charge is 2.57. The van der Waals surface area contributed by atoms with Crippen molar-refractivity contribution in [1.29, 1.82) is 0 Å². The first-order chi connectivity index (χ1) is 17.7. The first-order valence-electron chi connectivity index (χ1n) is 13.2. The maximum absolute atomic E-state index is 13.1. The van der Waals surface area contributed by atoms with Gasteiger partial charge in [-0.2, -0.15) is 0 Å². The Bertz CT molecular complexity index is 707. The Morgan fingerprint density at radius 1 is 0.649 bits per heavy atom. The van der Waals surface area contributed by atoms with Crippen LogP contribution in [-0.2, 0) is 47.6 Å². The van der Waals surface area contributed by atoms with Crippen molar-refractivity contribution in [3.8, 4) is 0 Å². The molecule has 0 N–H and O–H groups in total. The zero-order valence-electron chi connectivity index (χ0n) is 23.0. The van der Waals surface area contributed by atoms with Gasteiger partial charge in [-0.1, -0.05) is 46.5 Å². The SMILES string of the molecule is CCCCCOC(=O)OC(CCCCC(C(=O)OCC)(C(=O)OCCC)C(=O)OCCCC)C(=O)OC. The molecule has 0 fully saturated rings. The van der Waals surface area contributed by atoms with Crippen LogP contribution in [0.1, 0.15) is 91.9 Å². The molecular formula is C26H44O11. The summed E-state index contributed by atoms with van der Waals surface area (Å²) >= 11 is 0. The number of rotatable bonds is 20. The van der Waals surface area contributed by atoms with Gasteiger partial charge in [0.1, 0.15) is 0 Å². The number of carbonyl (C=O) groups excluding carboxylic acids is 5. The monoisotopic (exact) mass is 532 g/mol. The molecule has 37 heavy (non-hydrogen) atoms. The Kier molecular flexibility index (Phi) is 18.7. The number of unbranched alkanes of at least 4 members (excludes halogenated alkanes) is 4. The van der Waals surface area contributed by atoms with Crippen LogP contribution in [0, 0.1) is 5.41 Å². The second kappa shape index (κ2) is 20.2. The first-order valence-corrected chi connectivity index (χ1v) is 13.2. The minimum Gasteiger partial charge on any atom is -0.466 e. The summed E-state index contributed by atoms with van der Waals surface area (Å²) in [4.78, 5) is 63.1. The van der Waals surface area contributed by atoms with Crippen molar-refractivity contribution >= 4 is 30.0 Å². The molecule has 2 atom stereocenters. The highest BCUT2D eigenvalue weighted by atomic mass is 16.7. The molecule has 0 aliphatic heterocycles. The van der Waals surface area contributed by atoms with Crippen molar-refractivity contribution in [2.24, 2.45) is 5.41 Å². The van der Waals surface area contributed by atoms with Gasteiger partial charge in [-0.3, -0.25) is 14.4 Å². The fraction of sp³-hybridized carbons (Fsp3) is 0.808. The fourth-order valence-electron chi connectivity index (χ4n) is 3.29. The molecule has 2 unspecified atom stereocenters. The van der Waals surface area contributed by atoms with E-state index in [1.54, 1.807) is 13.8 Å². The molecule has 0 saturated carbocycles. The minimum atomic E-state index is -2.29. The second-order valence-electron chi connectivity index (χ2n) is 8.43. The van der Waals surface area contributed by atoms with Crippen molar-refractivity contribution in [2.75, 3.05) is 33.5 Å². The molecule has 0 amide bonds. The maximum atomic E-state index is 13.1. The summed E-state index contributed by atoms with van der Waals surface area (Å²) in [6.07, 6.45) is 2.13. The molecule has 0 heterocycles. The summed E-state index contributed by atoms with van der Waals surface area (Å²) in [6.45, 7) is 7.42. The molecule has 0 aromatic carbocycles. The number of carbonyl (C=O) groups is 5. The van der Waals surface area contributed by atoms with Gasteiger partial charge in [0.25, 0.3) is 5.41 Å². The standard InChI is InChI=1S/C26H44O11/c1-6-10-14-19-36-25(31)37-20(21(27)32-5)15-12-13-16-26(22(28)33-9-4,23(29)34-17-8-3)24(30)35-18-11-7-2/h20H,6-19H2,1-5H3. The molecular weight excluding hydrogens is 488 g/mol. The number of methoxy groups -OCH3 is 1. The van der Waals surface area contributed by atoms with Crippen molar-refractivity contribution in [2.45, 2.75) is 98.0 Å². The van der Waals surface area contributed by atoms with E-state index in [1.165, 1.54) is 0 Å². The molecule has 0 aromatic rings. The average molecular weight is 533 g/mol. The largest absolute Gasteiger partial charge is 0.509 e. The lowest BCUT2D eigenvalue weighted by atomic mass is 9.82. The van der Waals surface area contributed by atoms with Crippen LogP contribution in [0.4, 0.5) is 4.79 Å². The van der Waals surface area contributed by atoms with Crippen LogP contribution in [0.3, 0.4) is 0 Å². The Balaban J connectivity index is 5.48. The van der Waals surface area contributed by atoms with Crippen LogP contribution in [-0.4, -0.2) is 69.7 Å². The third-order valence-electron chi connectivity index (χ3n) is 5.43. The van der Waals surface area contributed by atoms with Gasteiger partial charge < -0.3 is 28.4 Å². The quantitative estimate of drug-likeness (QED) is 0.0960. The predicted octanol–water partition coefficient (Wildman–Crippen LogP) is 4.28. The summed E-state index contributed by atoms with van der Waals surface area (Å²) in [5.74, 6) is -3.89. The zero-order chi connectivity index (χ0) is 28.1. The molecule has 0 aliphatic rings. The Hall–Kier alpha value is -2.85. The molecule has 11 heteroatoms. The van der Waals surface area contributed by atoms with E-state index < -0.39 is 41.6 Å². The smallest absolute Gasteiger partial charge is 0.466 e. The third kappa shape index (κ3) is 12.3. The lowest BCUT2D eigenvalue weighted by Gasteiger charge is -2.27. The summed E-state index contributed by atoms with van der Waals surface area (Å²) < 4.78 is 30.3. The van der Waals surface area contributed by atoms with Crippen LogP contribution >= 0.6 is 0 Å². The molecule has 0 aromatic heterocycles. The molecule has 0 aliphatic carbocycles. The van der Waals surface area contributed by atoms with Crippen molar-refractivity contribution in [1.82, 2.24) is 0 Å².